The zero-order valence-corrected chi connectivity index (χ0v) is 9.67. The summed E-state index contributed by atoms with van der Waals surface area (Å²) in [7, 11) is 0. The molecule has 1 aliphatic heterocycles. The Hall–Kier alpha value is -0.610. The molecule has 0 aromatic carbocycles. The van der Waals surface area contributed by atoms with Crippen molar-refractivity contribution in [2.75, 3.05) is 13.1 Å². The first kappa shape index (κ1) is 12.5. The van der Waals surface area contributed by atoms with Gasteiger partial charge in [-0.2, -0.15) is 0 Å². The van der Waals surface area contributed by atoms with Crippen molar-refractivity contribution in [1.82, 2.24) is 10.3 Å². The van der Waals surface area contributed by atoms with E-state index in [9.17, 15) is 4.79 Å². The van der Waals surface area contributed by atoms with Crippen molar-refractivity contribution < 1.29 is 4.79 Å². The predicted molar refractivity (Wildman–Crippen MR) is 61.1 cm³/mol. The molecule has 0 aromatic rings. The number of amides is 1. The van der Waals surface area contributed by atoms with Crippen molar-refractivity contribution in [2.45, 2.75) is 51.5 Å². The van der Waals surface area contributed by atoms with Crippen molar-refractivity contribution in [2.24, 2.45) is 5.84 Å². The van der Waals surface area contributed by atoms with E-state index in [4.69, 9.17) is 5.84 Å². The number of carbonyl (C=O) groups is 1. The number of hydrazine groups is 1. The van der Waals surface area contributed by atoms with Crippen molar-refractivity contribution in [3.05, 3.63) is 0 Å². The summed E-state index contributed by atoms with van der Waals surface area (Å²) in [4.78, 5) is 13.4. The summed E-state index contributed by atoms with van der Waals surface area (Å²) in [5.74, 6) is 4.96. The number of nitrogens with zero attached hydrogens (tertiary/aromatic N) is 1. The first-order valence-electron chi connectivity index (χ1n) is 5.97. The molecule has 1 rings (SSSR count). The Morgan fingerprint density at radius 3 is 2.93 bits per heavy atom. The zero-order valence-electron chi connectivity index (χ0n) is 9.67. The van der Waals surface area contributed by atoms with Crippen LogP contribution >= 0.6 is 0 Å². The number of nitrogens with two attached hydrogens (primary N) is 1. The van der Waals surface area contributed by atoms with Gasteiger partial charge >= 0.3 is 0 Å². The van der Waals surface area contributed by atoms with Gasteiger partial charge in [0, 0.05) is 12.5 Å². The van der Waals surface area contributed by atoms with Crippen LogP contribution in [0, 0.1) is 0 Å². The normalized spacial score (nSPS) is 22.7. The Balaban J connectivity index is 2.06. The van der Waals surface area contributed by atoms with Crippen LogP contribution in [0.1, 0.15) is 45.4 Å². The highest BCUT2D eigenvalue weighted by molar-refractivity contribution is 5.75. The zero-order chi connectivity index (χ0) is 11.1. The van der Waals surface area contributed by atoms with E-state index in [1.54, 1.807) is 0 Å². The van der Waals surface area contributed by atoms with E-state index >= 15 is 0 Å². The second-order valence-corrected chi connectivity index (χ2v) is 4.41. The summed E-state index contributed by atoms with van der Waals surface area (Å²) < 4.78 is 0. The number of nitrogens with one attached hydrogen (secondary N) is 1. The Kier molecular flexibility index (Phi) is 5.65. The summed E-state index contributed by atoms with van der Waals surface area (Å²) in [6.45, 7) is 4.65. The predicted octanol–water partition coefficient (Wildman–Crippen LogP) is 1.02. The summed E-state index contributed by atoms with van der Waals surface area (Å²) >= 11 is 0. The van der Waals surface area contributed by atoms with Gasteiger partial charge in [0.2, 0.25) is 5.91 Å². The highest BCUT2D eigenvalue weighted by Gasteiger charge is 2.17. The molecule has 88 valence electrons. The van der Waals surface area contributed by atoms with Gasteiger partial charge < -0.3 is 4.90 Å². The largest absolute Gasteiger partial charge is 0.301 e. The lowest BCUT2D eigenvalue weighted by molar-refractivity contribution is -0.121. The Morgan fingerprint density at radius 1 is 1.47 bits per heavy atom. The van der Waals surface area contributed by atoms with Crippen molar-refractivity contribution in [3.63, 3.8) is 0 Å². The third-order valence-corrected chi connectivity index (χ3v) is 3.20. The average Bonchev–Trinajstić information content (AvgIpc) is 2.26. The molecular weight excluding hydrogens is 190 g/mol. The number of likely N-dealkylation sites (tertiary alicyclic amines) is 1. The molecule has 1 amide bonds. The van der Waals surface area contributed by atoms with Crippen LogP contribution in [-0.4, -0.2) is 29.9 Å². The number of piperidine rings is 1. The molecule has 1 fully saturated rings. The molecule has 1 atom stereocenters. The van der Waals surface area contributed by atoms with Gasteiger partial charge in [0.15, 0.2) is 0 Å². The van der Waals surface area contributed by atoms with Gasteiger partial charge in [-0.1, -0.05) is 6.42 Å². The maximum absolute atomic E-state index is 10.9. The van der Waals surface area contributed by atoms with Crippen LogP contribution in [0.5, 0.6) is 0 Å². The first-order valence-corrected chi connectivity index (χ1v) is 5.97. The average molecular weight is 213 g/mol. The number of rotatable bonds is 5. The molecule has 3 N–H and O–H groups in total. The second kappa shape index (κ2) is 6.80. The molecule has 1 heterocycles. The molecular formula is C11H23N3O. The molecule has 0 radical (unpaired) electrons. The molecule has 1 saturated heterocycles. The molecule has 0 bridgehead atoms. The Labute approximate surface area is 92.2 Å². The molecule has 0 aromatic heterocycles. The first-order chi connectivity index (χ1) is 7.24. The highest BCUT2D eigenvalue weighted by atomic mass is 16.2. The van der Waals surface area contributed by atoms with Crippen molar-refractivity contribution >= 4 is 5.91 Å². The van der Waals surface area contributed by atoms with Gasteiger partial charge in [-0.25, -0.2) is 5.84 Å². The molecule has 0 spiro atoms. The minimum absolute atomic E-state index is 0.0540. The number of hydrogen-bond acceptors (Lipinski definition) is 3. The van der Waals surface area contributed by atoms with Gasteiger partial charge in [-0.15, -0.1) is 0 Å². The van der Waals surface area contributed by atoms with Crippen LogP contribution in [0.4, 0.5) is 0 Å². The molecule has 4 nitrogen and oxygen atoms in total. The Bertz CT molecular complexity index is 196. The van der Waals surface area contributed by atoms with Crippen LogP contribution in [0.25, 0.3) is 0 Å². The second-order valence-electron chi connectivity index (χ2n) is 4.41. The summed E-state index contributed by atoms with van der Waals surface area (Å²) in [5, 5.41) is 0. The number of unbranched alkanes of at least 4 members (excludes halogenated alkanes) is 1. The van der Waals surface area contributed by atoms with E-state index in [1.807, 2.05) is 0 Å². The maximum Gasteiger partial charge on any atom is 0.233 e. The van der Waals surface area contributed by atoms with Crippen LogP contribution in [0.15, 0.2) is 0 Å². The fourth-order valence-corrected chi connectivity index (χ4v) is 2.16. The summed E-state index contributed by atoms with van der Waals surface area (Å²) in [5.41, 5.74) is 2.16. The van der Waals surface area contributed by atoms with Crippen LogP contribution in [-0.2, 0) is 4.79 Å². The molecule has 0 saturated carbocycles. The topological polar surface area (TPSA) is 58.4 Å². The maximum atomic E-state index is 10.9. The van der Waals surface area contributed by atoms with E-state index in [-0.39, 0.29) is 5.91 Å². The SMILES string of the molecule is CC1CCCCN1CCCCC(=O)NN. The van der Waals surface area contributed by atoms with Gasteiger partial charge in [-0.3, -0.25) is 10.2 Å². The lowest BCUT2D eigenvalue weighted by atomic mass is 10.0. The van der Waals surface area contributed by atoms with Gasteiger partial charge in [0.1, 0.15) is 0 Å². The van der Waals surface area contributed by atoms with Crippen molar-refractivity contribution in [3.8, 4) is 0 Å². The number of carbonyl (C=O) groups excluding carboxylic acids is 1. The molecule has 0 aliphatic carbocycles. The van der Waals surface area contributed by atoms with E-state index in [2.05, 4.69) is 17.2 Å². The highest BCUT2D eigenvalue weighted by Crippen LogP contribution is 2.16. The number of hydrogen-bond donors (Lipinski definition) is 2. The summed E-state index contributed by atoms with van der Waals surface area (Å²) in [6, 6.07) is 0.724. The smallest absolute Gasteiger partial charge is 0.233 e. The molecule has 1 aliphatic rings. The van der Waals surface area contributed by atoms with E-state index in [1.165, 1.54) is 25.8 Å². The lowest BCUT2D eigenvalue weighted by Crippen LogP contribution is -2.38. The molecule has 15 heavy (non-hydrogen) atoms. The van der Waals surface area contributed by atoms with Crippen LogP contribution < -0.4 is 11.3 Å². The van der Waals surface area contributed by atoms with E-state index in [0.29, 0.717) is 6.42 Å². The van der Waals surface area contributed by atoms with Gasteiger partial charge in [-0.05, 0) is 45.7 Å². The monoisotopic (exact) mass is 213 g/mol. The van der Waals surface area contributed by atoms with Crippen LogP contribution in [0.3, 0.4) is 0 Å². The third kappa shape index (κ3) is 4.62. The molecule has 1 unspecified atom stereocenters. The fourth-order valence-electron chi connectivity index (χ4n) is 2.16. The van der Waals surface area contributed by atoms with Crippen molar-refractivity contribution in [1.29, 1.82) is 0 Å². The van der Waals surface area contributed by atoms with Gasteiger partial charge in [0.25, 0.3) is 0 Å². The minimum Gasteiger partial charge on any atom is -0.301 e. The Morgan fingerprint density at radius 2 is 2.27 bits per heavy atom. The van der Waals surface area contributed by atoms with Crippen LogP contribution in [0.2, 0.25) is 0 Å². The third-order valence-electron chi connectivity index (χ3n) is 3.20. The quantitative estimate of drug-likeness (QED) is 0.310. The standard InChI is InChI=1S/C11H23N3O/c1-10-6-2-4-8-14(10)9-5-3-7-11(15)13-12/h10H,2-9,12H2,1H3,(H,13,15). The fraction of sp³-hybridized carbons (Fsp3) is 0.909. The van der Waals surface area contributed by atoms with Gasteiger partial charge in [0.05, 0.1) is 0 Å². The lowest BCUT2D eigenvalue weighted by Gasteiger charge is -2.33. The molecule has 4 heteroatoms. The van der Waals surface area contributed by atoms with E-state index in [0.717, 1.165) is 25.4 Å². The summed E-state index contributed by atoms with van der Waals surface area (Å²) in [6.07, 6.45) is 6.60. The van der Waals surface area contributed by atoms with E-state index < -0.39 is 0 Å². The minimum atomic E-state index is -0.0540.